The van der Waals surface area contributed by atoms with Crippen molar-refractivity contribution in [2.45, 2.75) is 39.9 Å². The Morgan fingerprint density at radius 3 is 2.20 bits per heavy atom. The van der Waals surface area contributed by atoms with Crippen molar-refractivity contribution in [1.82, 2.24) is 9.78 Å². The van der Waals surface area contributed by atoms with Crippen LogP contribution in [0, 0.1) is 10.6 Å². The molecule has 138 valence electrons. The second-order valence-corrected chi connectivity index (χ2v) is 8.88. The molecule has 0 radical (unpaired) electrons. The SMILES string of the molecule is CC(C)OP(=O)(OC(C)C)c1nn(-c2ccc([NH+]([O-])O)cc2)c(=N)s1. The van der Waals surface area contributed by atoms with Crippen molar-refractivity contribution in [3.05, 3.63) is 34.3 Å². The molecule has 2 aromatic rings. The lowest BCUT2D eigenvalue weighted by molar-refractivity contribution is -0.991. The van der Waals surface area contributed by atoms with E-state index in [0.717, 1.165) is 11.3 Å². The Hall–Kier alpha value is -1.39. The standard InChI is InChI=1S/C14H21N4O5PS/c1-9(2)22-24(21,23-10(3)4)14-16-17(13(15)25-14)11-5-7-12(8-6-11)18(19)20/h5-10,15,18-19H,1-4H3. The number of quaternary nitrogens is 1. The molecule has 1 aromatic carbocycles. The van der Waals surface area contributed by atoms with Crippen LogP contribution in [0.3, 0.4) is 0 Å². The van der Waals surface area contributed by atoms with Crippen molar-refractivity contribution in [2.24, 2.45) is 0 Å². The maximum Gasteiger partial charge on any atom is 0.392 e. The Labute approximate surface area is 149 Å². The summed E-state index contributed by atoms with van der Waals surface area (Å²) in [6.07, 6.45) is -0.683. The lowest BCUT2D eigenvalue weighted by atomic mass is 10.3. The summed E-state index contributed by atoms with van der Waals surface area (Å²) in [4.78, 5) is 0.0259. The van der Waals surface area contributed by atoms with Crippen molar-refractivity contribution in [2.75, 3.05) is 0 Å². The van der Waals surface area contributed by atoms with Gasteiger partial charge in [0.2, 0.25) is 9.55 Å². The van der Waals surface area contributed by atoms with Crippen LogP contribution in [-0.2, 0) is 13.6 Å². The molecule has 9 nitrogen and oxygen atoms in total. The monoisotopic (exact) mass is 388 g/mol. The van der Waals surface area contributed by atoms with Crippen LogP contribution in [0.5, 0.6) is 0 Å². The van der Waals surface area contributed by atoms with Crippen molar-refractivity contribution in [3.8, 4) is 5.69 Å². The summed E-state index contributed by atoms with van der Waals surface area (Å²) in [6, 6.07) is 5.89. The fourth-order valence-corrected chi connectivity index (χ4v) is 5.01. The molecule has 0 spiro atoms. The number of rotatable bonds is 7. The van der Waals surface area contributed by atoms with E-state index in [-0.39, 0.29) is 27.4 Å². The molecule has 3 N–H and O–H groups in total. The molecule has 0 aliphatic rings. The normalized spacial score (nSPS) is 13.6. The quantitative estimate of drug-likeness (QED) is 0.487. The van der Waals surface area contributed by atoms with Gasteiger partial charge in [-0.25, -0.2) is 9.89 Å². The van der Waals surface area contributed by atoms with E-state index in [0.29, 0.717) is 5.69 Å². The maximum atomic E-state index is 13.1. The van der Waals surface area contributed by atoms with Gasteiger partial charge in [0.05, 0.1) is 17.9 Å². The number of benzene rings is 1. The van der Waals surface area contributed by atoms with E-state index in [1.165, 1.54) is 28.9 Å². The van der Waals surface area contributed by atoms with Gasteiger partial charge >= 0.3 is 7.60 Å². The number of nitrogens with one attached hydrogen (secondary N) is 2. The van der Waals surface area contributed by atoms with Crippen LogP contribution in [-0.4, -0.2) is 27.2 Å². The molecule has 0 aliphatic carbocycles. The van der Waals surface area contributed by atoms with Crippen LogP contribution in [0.25, 0.3) is 5.69 Å². The lowest BCUT2D eigenvalue weighted by Gasteiger charge is -2.20. The fourth-order valence-electron chi connectivity index (χ4n) is 1.98. The smallest absolute Gasteiger partial charge is 0.392 e. The van der Waals surface area contributed by atoms with Crippen molar-refractivity contribution >= 4 is 29.4 Å². The van der Waals surface area contributed by atoms with E-state index in [2.05, 4.69) is 5.10 Å². The summed E-state index contributed by atoms with van der Waals surface area (Å²) >= 11 is 0.900. The predicted octanol–water partition coefficient (Wildman–Crippen LogP) is 1.49. The van der Waals surface area contributed by atoms with Crippen LogP contribution in [0.15, 0.2) is 24.3 Å². The lowest BCUT2D eigenvalue weighted by Crippen LogP contribution is -2.99. The number of aromatic nitrogens is 2. The molecule has 0 amide bonds. The topological polar surface area (TPSA) is 125 Å². The van der Waals surface area contributed by atoms with E-state index in [4.69, 9.17) is 19.7 Å². The van der Waals surface area contributed by atoms with Gasteiger partial charge in [0, 0.05) is 12.1 Å². The van der Waals surface area contributed by atoms with Gasteiger partial charge in [0.15, 0.2) is 5.69 Å². The van der Waals surface area contributed by atoms with Crippen LogP contribution in [0.4, 0.5) is 5.69 Å². The first-order chi connectivity index (χ1) is 11.6. The number of nitrogens with zero attached hydrogens (tertiary/aromatic N) is 2. The van der Waals surface area contributed by atoms with E-state index < -0.39 is 12.8 Å². The number of hydrogen-bond acceptors (Lipinski definition) is 8. The minimum absolute atomic E-state index is 0.0259. The molecule has 0 saturated carbocycles. The van der Waals surface area contributed by atoms with E-state index >= 15 is 0 Å². The molecule has 25 heavy (non-hydrogen) atoms. The second-order valence-electron chi connectivity index (χ2n) is 5.76. The van der Waals surface area contributed by atoms with Crippen molar-refractivity contribution in [1.29, 1.82) is 5.41 Å². The second kappa shape index (κ2) is 7.88. The minimum Gasteiger partial charge on any atom is -0.595 e. The van der Waals surface area contributed by atoms with Gasteiger partial charge < -0.3 is 14.3 Å². The van der Waals surface area contributed by atoms with Gasteiger partial charge in [-0.3, -0.25) is 9.97 Å². The minimum atomic E-state index is -3.66. The predicted molar refractivity (Wildman–Crippen MR) is 92.8 cm³/mol. The molecule has 2 rings (SSSR count). The molecule has 11 heteroatoms. The molecular formula is C14H21N4O5PS. The zero-order valence-corrected chi connectivity index (χ0v) is 16.0. The highest BCUT2D eigenvalue weighted by atomic mass is 32.1. The third-order valence-electron chi connectivity index (χ3n) is 2.86. The summed E-state index contributed by atoms with van der Waals surface area (Å²) < 4.78 is 25.5. The van der Waals surface area contributed by atoms with Gasteiger partial charge in [-0.2, -0.15) is 5.23 Å². The zero-order valence-electron chi connectivity index (χ0n) is 14.3. The fraction of sp³-hybridized carbons (Fsp3) is 0.429. The average Bonchev–Trinajstić information content (AvgIpc) is 2.88. The molecule has 1 aromatic heterocycles. The third kappa shape index (κ3) is 4.83. The summed E-state index contributed by atoms with van der Waals surface area (Å²) in [6.45, 7) is 6.96. The van der Waals surface area contributed by atoms with Crippen LogP contribution in [0.1, 0.15) is 27.7 Å². The first-order valence-electron chi connectivity index (χ1n) is 7.58. The zero-order chi connectivity index (χ0) is 18.8. The molecule has 0 saturated heterocycles. The van der Waals surface area contributed by atoms with Crippen molar-refractivity contribution < 1.29 is 24.0 Å². The van der Waals surface area contributed by atoms with E-state index in [9.17, 15) is 9.77 Å². The number of hydrogen-bond donors (Lipinski definition) is 3. The molecule has 1 atom stereocenters. The first-order valence-corrected chi connectivity index (χ1v) is 9.94. The highest BCUT2D eigenvalue weighted by molar-refractivity contribution is 7.68. The first kappa shape index (κ1) is 19.9. The summed E-state index contributed by atoms with van der Waals surface area (Å²) in [5.41, 5.74) is 0.612. The highest BCUT2D eigenvalue weighted by Gasteiger charge is 2.35. The van der Waals surface area contributed by atoms with Crippen molar-refractivity contribution in [3.63, 3.8) is 0 Å². The van der Waals surface area contributed by atoms with Crippen LogP contribution in [0.2, 0.25) is 0 Å². The Balaban J connectivity index is 2.43. The molecule has 1 unspecified atom stereocenters. The van der Waals surface area contributed by atoms with Crippen LogP contribution >= 0.6 is 18.9 Å². The summed E-state index contributed by atoms with van der Waals surface area (Å²) in [5, 5.41) is 31.1. The summed E-state index contributed by atoms with van der Waals surface area (Å²) in [7, 11) is -3.66. The van der Waals surface area contributed by atoms with Gasteiger partial charge in [-0.15, -0.1) is 5.10 Å². The molecule has 0 bridgehead atoms. The maximum absolute atomic E-state index is 13.1. The average molecular weight is 388 g/mol. The van der Waals surface area contributed by atoms with Gasteiger partial charge in [-0.05, 0) is 39.8 Å². The van der Waals surface area contributed by atoms with Gasteiger partial charge in [0.25, 0.3) is 0 Å². The van der Waals surface area contributed by atoms with E-state index in [1.54, 1.807) is 27.7 Å². The highest BCUT2D eigenvalue weighted by Crippen LogP contribution is 2.49. The summed E-state index contributed by atoms with van der Waals surface area (Å²) in [5.74, 6) is 0. The Morgan fingerprint density at radius 1 is 1.24 bits per heavy atom. The molecule has 0 fully saturated rings. The van der Waals surface area contributed by atoms with E-state index in [1.807, 2.05) is 0 Å². The third-order valence-corrected chi connectivity index (χ3v) is 6.39. The largest absolute Gasteiger partial charge is 0.595 e. The Kier molecular flexibility index (Phi) is 6.28. The molecule has 1 heterocycles. The molecular weight excluding hydrogens is 367 g/mol. The van der Waals surface area contributed by atoms with Gasteiger partial charge in [-0.1, -0.05) is 11.3 Å². The Bertz CT molecular complexity index is 801. The van der Waals surface area contributed by atoms with Crippen LogP contribution < -0.4 is 14.8 Å². The molecule has 0 aliphatic heterocycles. The Morgan fingerprint density at radius 2 is 1.76 bits per heavy atom. The van der Waals surface area contributed by atoms with Gasteiger partial charge in [0.1, 0.15) is 0 Å².